The van der Waals surface area contributed by atoms with Gasteiger partial charge in [-0.2, -0.15) is 0 Å². The van der Waals surface area contributed by atoms with Crippen LogP contribution in [0.2, 0.25) is 0 Å². The number of imidazole rings is 1. The second kappa shape index (κ2) is 6.15. The van der Waals surface area contributed by atoms with Crippen LogP contribution in [0.3, 0.4) is 0 Å². The second-order valence-electron chi connectivity index (χ2n) is 4.03. The average Bonchev–Trinajstić information content (AvgIpc) is 2.84. The lowest BCUT2D eigenvalue weighted by atomic mass is 10.2. The number of nitrogens with zero attached hydrogens (tertiary/aromatic N) is 2. The highest BCUT2D eigenvalue weighted by Gasteiger charge is 2.01. The molecule has 0 aliphatic heterocycles. The molecule has 0 radical (unpaired) electrons. The smallest absolute Gasteiger partial charge is 0.132 e. The minimum absolute atomic E-state index is 0.113. The zero-order chi connectivity index (χ0) is 11.9. The number of halogens is 1. The van der Waals surface area contributed by atoms with Gasteiger partial charge >= 0.3 is 0 Å². The van der Waals surface area contributed by atoms with E-state index in [0.29, 0.717) is 6.54 Å². The number of nitrogens with two attached hydrogens (primary N) is 1. The first kappa shape index (κ1) is 11.8. The van der Waals surface area contributed by atoms with E-state index in [2.05, 4.69) is 14.9 Å². The third-order valence-electron chi connectivity index (χ3n) is 2.71. The molecule has 1 aromatic carbocycles. The van der Waals surface area contributed by atoms with Crippen molar-refractivity contribution in [3.8, 4) is 0 Å². The maximum absolute atomic E-state index is 13.3. The molecule has 0 atom stereocenters. The number of aromatic nitrogens is 2. The van der Waals surface area contributed by atoms with Crippen molar-refractivity contribution in [1.29, 1.82) is 0 Å². The Kier molecular flexibility index (Phi) is 4.27. The summed E-state index contributed by atoms with van der Waals surface area (Å²) in [6.07, 6.45) is 6.61. The van der Waals surface area contributed by atoms with Crippen molar-refractivity contribution < 1.29 is 9.71 Å². The van der Waals surface area contributed by atoms with Crippen LogP contribution in [-0.2, 0) is 13.1 Å². The molecule has 2 N–H and O–H groups in total. The van der Waals surface area contributed by atoms with Crippen LogP contribution in [0, 0.1) is 5.82 Å². The minimum Gasteiger partial charge on any atom is -0.342 e. The molecule has 0 unspecified atom stereocenters. The summed E-state index contributed by atoms with van der Waals surface area (Å²) in [5.74, 6) is -0.113. The highest BCUT2D eigenvalue weighted by atomic mass is 19.1. The molecule has 0 amide bonds. The van der Waals surface area contributed by atoms with Crippen LogP contribution in [0.5, 0.6) is 0 Å². The number of rotatable bonds is 6. The van der Waals surface area contributed by atoms with E-state index in [4.69, 9.17) is 0 Å². The predicted octanol–water partition coefficient (Wildman–Crippen LogP) is 1.18. The van der Waals surface area contributed by atoms with Gasteiger partial charge in [0.1, 0.15) is 12.4 Å². The van der Waals surface area contributed by atoms with Gasteiger partial charge in [0.2, 0.25) is 0 Å². The molecule has 17 heavy (non-hydrogen) atoms. The van der Waals surface area contributed by atoms with Gasteiger partial charge in [-0.1, -0.05) is 18.2 Å². The van der Waals surface area contributed by atoms with Gasteiger partial charge in [0, 0.05) is 30.9 Å². The van der Waals surface area contributed by atoms with Crippen molar-refractivity contribution in [2.45, 2.75) is 19.5 Å². The molecule has 0 aliphatic rings. The first-order valence-corrected chi connectivity index (χ1v) is 5.87. The summed E-state index contributed by atoms with van der Waals surface area (Å²) >= 11 is 0. The Labute approximate surface area is 100 Å². The number of quaternary nitrogens is 1. The first-order valence-electron chi connectivity index (χ1n) is 5.87. The van der Waals surface area contributed by atoms with Gasteiger partial charge < -0.3 is 9.88 Å². The molecule has 3 nitrogen and oxygen atoms in total. The molecule has 0 bridgehead atoms. The summed E-state index contributed by atoms with van der Waals surface area (Å²) in [7, 11) is 0. The normalized spacial score (nSPS) is 10.6. The van der Waals surface area contributed by atoms with Gasteiger partial charge in [-0.15, -0.1) is 0 Å². The van der Waals surface area contributed by atoms with Crippen LogP contribution in [0.4, 0.5) is 4.39 Å². The van der Waals surface area contributed by atoms with Crippen molar-refractivity contribution >= 4 is 0 Å². The van der Waals surface area contributed by atoms with Crippen LogP contribution in [-0.4, -0.2) is 16.1 Å². The van der Waals surface area contributed by atoms with E-state index < -0.39 is 0 Å². The topological polar surface area (TPSA) is 34.4 Å². The maximum atomic E-state index is 13.3. The molecule has 2 aromatic rings. The highest BCUT2D eigenvalue weighted by molar-refractivity contribution is 5.15. The van der Waals surface area contributed by atoms with E-state index in [1.54, 1.807) is 12.3 Å². The van der Waals surface area contributed by atoms with Gasteiger partial charge in [-0.05, 0) is 6.07 Å². The average molecular weight is 234 g/mol. The Hall–Kier alpha value is -1.68. The number of hydrogen-bond donors (Lipinski definition) is 1. The van der Waals surface area contributed by atoms with Gasteiger partial charge in [0.25, 0.3) is 0 Å². The molecule has 0 fully saturated rings. The van der Waals surface area contributed by atoms with Gasteiger partial charge in [0.05, 0.1) is 12.9 Å². The Morgan fingerprint density at radius 1 is 1.29 bits per heavy atom. The molecule has 0 spiro atoms. The molecular formula is C13H17FN3+. The Bertz CT molecular complexity index is 440. The van der Waals surface area contributed by atoms with Gasteiger partial charge in [0.15, 0.2) is 0 Å². The molecule has 1 heterocycles. The molecular weight excluding hydrogens is 217 g/mol. The quantitative estimate of drug-likeness (QED) is 0.748. The summed E-state index contributed by atoms with van der Waals surface area (Å²) in [6.45, 7) is 2.66. The van der Waals surface area contributed by atoms with Crippen LogP contribution in [0.15, 0.2) is 43.0 Å². The van der Waals surface area contributed by atoms with Crippen molar-refractivity contribution in [2.24, 2.45) is 0 Å². The minimum atomic E-state index is -0.113. The Morgan fingerprint density at radius 3 is 2.94 bits per heavy atom. The van der Waals surface area contributed by atoms with Crippen molar-refractivity contribution in [2.75, 3.05) is 6.54 Å². The molecule has 0 saturated heterocycles. The van der Waals surface area contributed by atoms with Gasteiger partial charge in [-0.25, -0.2) is 9.37 Å². The van der Waals surface area contributed by atoms with E-state index >= 15 is 0 Å². The molecule has 90 valence electrons. The van der Waals surface area contributed by atoms with Crippen LogP contribution >= 0.6 is 0 Å². The summed E-state index contributed by atoms with van der Waals surface area (Å²) in [6, 6.07) is 6.94. The van der Waals surface area contributed by atoms with E-state index in [0.717, 1.165) is 25.1 Å². The van der Waals surface area contributed by atoms with Crippen molar-refractivity contribution in [3.05, 3.63) is 54.4 Å². The van der Waals surface area contributed by atoms with Crippen molar-refractivity contribution in [3.63, 3.8) is 0 Å². The third kappa shape index (κ3) is 3.67. The fraction of sp³-hybridized carbons (Fsp3) is 0.308. The lowest BCUT2D eigenvalue weighted by Gasteiger charge is -2.03. The summed E-state index contributed by atoms with van der Waals surface area (Å²) in [5.41, 5.74) is 0.773. The summed E-state index contributed by atoms with van der Waals surface area (Å²) in [5, 5.41) is 2.13. The Morgan fingerprint density at radius 2 is 2.18 bits per heavy atom. The largest absolute Gasteiger partial charge is 0.342 e. The Balaban J connectivity index is 1.65. The van der Waals surface area contributed by atoms with Gasteiger partial charge in [-0.3, -0.25) is 0 Å². The zero-order valence-electron chi connectivity index (χ0n) is 9.72. The fourth-order valence-electron chi connectivity index (χ4n) is 1.76. The predicted molar refractivity (Wildman–Crippen MR) is 63.7 cm³/mol. The molecule has 1 aromatic heterocycles. The molecule has 0 aliphatic carbocycles. The zero-order valence-corrected chi connectivity index (χ0v) is 9.72. The monoisotopic (exact) mass is 234 g/mol. The summed E-state index contributed by atoms with van der Waals surface area (Å²) in [4.78, 5) is 3.98. The lowest BCUT2D eigenvalue weighted by Crippen LogP contribution is -2.82. The first-order chi connectivity index (χ1) is 8.36. The number of hydrogen-bond acceptors (Lipinski definition) is 1. The fourth-order valence-corrected chi connectivity index (χ4v) is 1.76. The molecule has 2 rings (SSSR count). The second-order valence-corrected chi connectivity index (χ2v) is 4.03. The van der Waals surface area contributed by atoms with Crippen LogP contribution in [0.1, 0.15) is 12.0 Å². The summed E-state index contributed by atoms with van der Waals surface area (Å²) < 4.78 is 15.3. The molecule has 4 heteroatoms. The van der Waals surface area contributed by atoms with E-state index in [1.165, 1.54) is 6.07 Å². The third-order valence-corrected chi connectivity index (χ3v) is 2.71. The van der Waals surface area contributed by atoms with Crippen LogP contribution < -0.4 is 5.32 Å². The maximum Gasteiger partial charge on any atom is 0.132 e. The van der Waals surface area contributed by atoms with E-state index in [1.807, 2.05) is 24.7 Å². The van der Waals surface area contributed by atoms with E-state index in [-0.39, 0.29) is 5.82 Å². The van der Waals surface area contributed by atoms with E-state index in [9.17, 15) is 4.39 Å². The lowest BCUT2D eigenvalue weighted by molar-refractivity contribution is -0.671. The number of aryl methyl sites for hydroxylation is 1. The molecule has 0 saturated carbocycles. The van der Waals surface area contributed by atoms with Crippen LogP contribution in [0.25, 0.3) is 0 Å². The standard InChI is InChI=1S/C13H16FN3/c14-13-5-2-1-4-12(13)10-15-6-3-8-17-9-7-16-11-17/h1-2,4-5,7,9,11,15H,3,6,8,10H2/p+1. The van der Waals surface area contributed by atoms with Crippen molar-refractivity contribution in [1.82, 2.24) is 9.55 Å². The SMILES string of the molecule is Fc1ccccc1C[NH2+]CCCn1ccnc1. The number of benzene rings is 1. The highest BCUT2D eigenvalue weighted by Crippen LogP contribution is 2.03.